The van der Waals surface area contributed by atoms with Crippen LogP contribution < -0.4 is 0 Å². The molecule has 0 spiro atoms. The summed E-state index contributed by atoms with van der Waals surface area (Å²) in [7, 11) is -2.06. The molecule has 0 aliphatic rings. The Balaban J connectivity index is 3.29. The van der Waals surface area contributed by atoms with E-state index in [0.717, 1.165) is 0 Å². The van der Waals surface area contributed by atoms with Crippen LogP contribution in [0.2, 0.25) is 19.6 Å². The first-order chi connectivity index (χ1) is 9.59. The molecule has 0 unspecified atom stereocenters. The first-order valence-electron chi connectivity index (χ1n) is 6.68. The predicted octanol–water partition coefficient (Wildman–Crippen LogP) is 1.69. The Kier molecular flexibility index (Phi) is 5.56. The predicted molar refractivity (Wildman–Crippen MR) is 89.0 cm³/mol. The largest absolute Gasteiger partial charge is 0.308 e. The minimum Gasteiger partial charge on any atom is -0.240 e. The summed E-state index contributed by atoms with van der Waals surface area (Å²) >= 11 is 0. The lowest BCUT2D eigenvalue weighted by atomic mass is 10.2. The number of hydrogen-bond donors (Lipinski definition) is 0. The third kappa shape index (κ3) is 4.56. The monoisotopic (exact) mass is 325 g/mol. The van der Waals surface area contributed by atoms with Crippen LogP contribution in [-0.4, -0.2) is 43.8 Å². The van der Waals surface area contributed by atoms with E-state index in [4.69, 9.17) is 0 Å². The van der Waals surface area contributed by atoms with Crippen LogP contribution in [0.4, 0.5) is 0 Å². The second-order valence-corrected chi connectivity index (χ2v) is 12.7. The van der Waals surface area contributed by atoms with E-state index in [1.165, 1.54) is 28.7 Å². The maximum atomic E-state index is 12.3. The molecule has 0 atom stereocenters. The van der Waals surface area contributed by atoms with Crippen LogP contribution >= 0.6 is 0 Å². The second kappa shape index (κ2) is 6.60. The molecule has 0 aromatic carbocycles. The number of rotatable bonds is 5. The minimum atomic E-state index is -3.57. The van der Waals surface area contributed by atoms with Gasteiger partial charge in [-0.2, -0.15) is 12.7 Å². The molecule has 0 radical (unpaired) electrons. The Labute approximate surface area is 128 Å². The van der Waals surface area contributed by atoms with Crippen molar-refractivity contribution in [2.24, 2.45) is 0 Å². The summed E-state index contributed by atoms with van der Waals surface area (Å²) in [4.78, 5) is 4.20. The zero-order valence-electron chi connectivity index (χ0n) is 13.3. The van der Waals surface area contributed by atoms with Crippen molar-refractivity contribution in [3.05, 3.63) is 30.4 Å². The van der Waals surface area contributed by atoms with E-state index in [9.17, 15) is 8.42 Å². The van der Waals surface area contributed by atoms with Gasteiger partial charge in [-0.05, 0) is 0 Å². The van der Waals surface area contributed by atoms with Gasteiger partial charge in [0, 0.05) is 20.5 Å². The third-order valence-electron chi connectivity index (χ3n) is 2.68. The Bertz CT molecular complexity index is 673. The molecule has 21 heavy (non-hydrogen) atoms. The Morgan fingerprint density at radius 1 is 1.43 bits per heavy atom. The highest BCUT2D eigenvalue weighted by Crippen LogP contribution is 2.14. The molecule has 1 heterocycles. The average Bonchev–Trinajstić information content (AvgIpc) is 2.72. The maximum Gasteiger partial charge on any atom is 0.308 e. The Morgan fingerprint density at radius 2 is 2.05 bits per heavy atom. The zero-order chi connectivity index (χ0) is 16.3. The van der Waals surface area contributed by atoms with Crippen molar-refractivity contribution >= 4 is 18.3 Å². The summed E-state index contributed by atoms with van der Waals surface area (Å²) in [6, 6.07) is 0. The molecule has 0 aliphatic carbocycles. The number of imidazole rings is 1. The highest BCUT2D eigenvalue weighted by atomic mass is 32.2. The molecule has 0 N–H and O–H groups in total. The topological polar surface area (TPSA) is 55.2 Å². The van der Waals surface area contributed by atoms with Gasteiger partial charge in [0.1, 0.15) is 14.4 Å². The van der Waals surface area contributed by atoms with Gasteiger partial charge in [-0.1, -0.05) is 25.7 Å². The first-order valence-corrected chi connectivity index (χ1v) is 11.6. The van der Waals surface area contributed by atoms with Crippen molar-refractivity contribution in [3.8, 4) is 11.5 Å². The van der Waals surface area contributed by atoms with Crippen LogP contribution in [0.15, 0.2) is 19.0 Å². The molecule has 0 bridgehead atoms. The summed E-state index contributed by atoms with van der Waals surface area (Å²) in [6.45, 7) is 10.1. The van der Waals surface area contributed by atoms with Crippen LogP contribution in [0.25, 0.3) is 0 Å². The Morgan fingerprint density at radius 3 is 2.52 bits per heavy atom. The summed E-state index contributed by atoms with van der Waals surface area (Å²) in [6.07, 6.45) is 3.96. The molecule has 1 aromatic heterocycles. The number of allylic oxidation sites excluding steroid dienone is 1. The zero-order valence-corrected chi connectivity index (χ0v) is 15.2. The number of hydrogen-bond acceptors (Lipinski definition) is 3. The van der Waals surface area contributed by atoms with Crippen molar-refractivity contribution < 1.29 is 8.42 Å². The van der Waals surface area contributed by atoms with E-state index >= 15 is 0 Å². The van der Waals surface area contributed by atoms with Gasteiger partial charge in [0.2, 0.25) is 0 Å². The van der Waals surface area contributed by atoms with E-state index in [0.29, 0.717) is 24.2 Å². The fraction of sp³-hybridized carbons (Fsp3) is 0.500. The molecule has 0 saturated carbocycles. The lowest BCUT2D eigenvalue weighted by Gasteiger charge is -2.14. The van der Waals surface area contributed by atoms with Crippen LogP contribution in [0.1, 0.15) is 11.4 Å². The van der Waals surface area contributed by atoms with E-state index in [2.05, 4.69) is 42.7 Å². The van der Waals surface area contributed by atoms with Gasteiger partial charge < -0.3 is 0 Å². The van der Waals surface area contributed by atoms with Crippen molar-refractivity contribution in [3.63, 3.8) is 0 Å². The smallest absolute Gasteiger partial charge is 0.240 e. The molecule has 0 saturated heterocycles. The van der Waals surface area contributed by atoms with Gasteiger partial charge in [0.15, 0.2) is 0 Å². The molecule has 116 valence electrons. The van der Waals surface area contributed by atoms with Crippen molar-refractivity contribution in [2.75, 3.05) is 14.1 Å². The molecule has 0 aliphatic heterocycles. The van der Waals surface area contributed by atoms with Crippen LogP contribution in [0.3, 0.4) is 0 Å². The number of aromatic nitrogens is 2. The highest BCUT2D eigenvalue weighted by Gasteiger charge is 2.22. The van der Waals surface area contributed by atoms with Gasteiger partial charge >= 0.3 is 10.2 Å². The molecular formula is C14H23N3O2SSi. The van der Waals surface area contributed by atoms with Crippen LogP contribution in [0, 0.1) is 11.5 Å². The summed E-state index contributed by atoms with van der Waals surface area (Å²) in [5.74, 6) is 3.11. The SMILES string of the molecule is C=CCc1ncn(S(=O)(=O)N(C)C)c1CC#C[Si](C)(C)C. The second-order valence-electron chi connectivity index (χ2n) is 5.95. The van der Waals surface area contributed by atoms with Crippen molar-refractivity contribution in [1.82, 2.24) is 13.3 Å². The number of nitrogens with zero attached hydrogens (tertiary/aromatic N) is 3. The molecule has 5 nitrogen and oxygen atoms in total. The molecule has 1 aromatic rings. The van der Waals surface area contributed by atoms with Gasteiger partial charge in [0.25, 0.3) is 0 Å². The molecule has 1 rings (SSSR count). The maximum absolute atomic E-state index is 12.3. The van der Waals surface area contributed by atoms with Crippen molar-refractivity contribution in [2.45, 2.75) is 32.5 Å². The fourth-order valence-corrected chi connectivity index (χ4v) is 3.23. The van der Waals surface area contributed by atoms with Crippen molar-refractivity contribution in [1.29, 1.82) is 0 Å². The van der Waals surface area contributed by atoms with E-state index in [-0.39, 0.29) is 0 Å². The summed E-state index contributed by atoms with van der Waals surface area (Å²) < 4.78 is 27.0. The molecule has 0 amide bonds. The molecule has 7 heteroatoms. The van der Waals surface area contributed by atoms with Gasteiger partial charge in [-0.25, -0.2) is 8.96 Å². The van der Waals surface area contributed by atoms with Crippen LogP contribution in [0.5, 0.6) is 0 Å². The molecular weight excluding hydrogens is 302 g/mol. The van der Waals surface area contributed by atoms with E-state index in [1.807, 2.05) is 0 Å². The van der Waals surface area contributed by atoms with E-state index < -0.39 is 18.3 Å². The van der Waals surface area contributed by atoms with Crippen LogP contribution in [-0.2, 0) is 23.1 Å². The molecule has 0 fully saturated rings. The van der Waals surface area contributed by atoms with Gasteiger partial charge in [0.05, 0.1) is 17.8 Å². The summed E-state index contributed by atoms with van der Waals surface area (Å²) in [5, 5.41) is 0. The lowest BCUT2D eigenvalue weighted by Crippen LogP contribution is -2.29. The highest BCUT2D eigenvalue weighted by molar-refractivity contribution is 7.87. The fourth-order valence-electron chi connectivity index (χ4n) is 1.65. The average molecular weight is 326 g/mol. The lowest BCUT2D eigenvalue weighted by molar-refractivity contribution is 0.509. The first kappa shape index (κ1) is 17.7. The van der Waals surface area contributed by atoms with Gasteiger partial charge in [-0.3, -0.25) is 0 Å². The Hall–Kier alpha value is -1.36. The normalized spacial score (nSPS) is 12.1. The van der Waals surface area contributed by atoms with Gasteiger partial charge in [-0.15, -0.1) is 18.0 Å². The quantitative estimate of drug-likeness (QED) is 0.470. The standard InChI is InChI=1S/C14H23N3O2SSi/c1-7-9-13-14(10-8-11-21(4,5)6)17(12-15-13)20(18,19)16(2)3/h7,12H,1,9-10H2,2-6H3. The third-order valence-corrected chi connectivity index (χ3v) is 5.35. The van der Waals surface area contributed by atoms with E-state index in [1.54, 1.807) is 6.08 Å². The minimum absolute atomic E-state index is 0.376. The summed E-state index contributed by atoms with van der Waals surface area (Å²) in [5.41, 5.74) is 4.58.